The van der Waals surface area contributed by atoms with E-state index in [-0.39, 0.29) is 6.03 Å². The summed E-state index contributed by atoms with van der Waals surface area (Å²) in [6, 6.07) is 5.17. The van der Waals surface area contributed by atoms with Crippen molar-refractivity contribution in [1.82, 2.24) is 15.2 Å². The van der Waals surface area contributed by atoms with Gasteiger partial charge >= 0.3 is 11.8 Å². The number of nitrogens with zero attached hydrogens (tertiary/aromatic N) is 1. The lowest BCUT2D eigenvalue weighted by atomic mass is 10.2. The summed E-state index contributed by atoms with van der Waals surface area (Å²) in [5.41, 5.74) is 2.05. The van der Waals surface area contributed by atoms with Gasteiger partial charge in [0.15, 0.2) is 5.58 Å². The molecule has 0 bridgehead atoms. The van der Waals surface area contributed by atoms with Crippen LogP contribution in [-0.4, -0.2) is 30.0 Å². The molecular weight excluding hydrogens is 222 g/mol. The molecule has 0 aliphatic carbocycles. The second kappa shape index (κ2) is 4.32. The van der Waals surface area contributed by atoms with Gasteiger partial charge in [0.1, 0.15) is 0 Å². The van der Waals surface area contributed by atoms with E-state index in [0.717, 1.165) is 5.56 Å². The number of aromatic nitrogens is 1. The number of fused-ring (bicyclic) bond motifs is 1. The predicted octanol–water partition coefficient (Wildman–Crippen LogP) is 0.892. The number of oxazole rings is 1. The first-order valence-corrected chi connectivity index (χ1v) is 5.15. The second-order valence-electron chi connectivity index (χ2n) is 3.76. The highest BCUT2D eigenvalue weighted by Gasteiger charge is 2.08. The standard InChI is InChI=1S/C11H13N3O3/c1-12-10(15)14(2)6-7-3-4-8-9(5-7)17-11(16)13-8/h3-5H,6H2,1-2H3,(H,12,15)(H,13,16). The molecule has 0 fully saturated rings. The lowest BCUT2D eigenvalue weighted by Gasteiger charge is -2.16. The number of benzene rings is 1. The van der Waals surface area contributed by atoms with E-state index in [2.05, 4.69) is 10.3 Å². The van der Waals surface area contributed by atoms with Crippen LogP contribution in [0, 0.1) is 0 Å². The van der Waals surface area contributed by atoms with E-state index >= 15 is 0 Å². The molecule has 2 amide bonds. The highest BCUT2D eigenvalue weighted by Crippen LogP contribution is 2.13. The molecule has 0 aliphatic rings. The summed E-state index contributed by atoms with van der Waals surface area (Å²) >= 11 is 0. The van der Waals surface area contributed by atoms with Crippen LogP contribution < -0.4 is 11.1 Å². The molecule has 0 aliphatic heterocycles. The summed E-state index contributed by atoms with van der Waals surface area (Å²) in [5, 5.41) is 2.53. The Kier molecular flexibility index (Phi) is 2.86. The van der Waals surface area contributed by atoms with Crippen LogP contribution in [0.1, 0.15) is 5.56 Å². The van der Waals surface area contributed by atoms with Gasteiger partial charge in [0.05, 0.1) is 5.52 Å². The van der Waals surface area contributed by atoms with E-state index in [1.165, 1.54) is 4.90 Å². The highest BCUT2D eigenvalue weighted by atomic mass is 16.4. The average Bonchev–Trinajstić information content (AvgIpc) is 2.67. The van der Waals surface area contributed by atoms with Crippen molar-refractivity contribution in [2.24, 2.45) is 0 Å². The third kappa shape index (κ3) is 2.30. The Morgan fingerprint density at radius 3 is 3.00 bits per heavy atom. The van der Waals surface area contributed by atoms with Crippen LogP contribution in [0.2, 0.25) is 0 Å². The minimum absolute atomic E-state index is 0.166. The first kappa shape index (κ1) is 11.3. The number of aromatic amines is 1. The lowest BCUT2D eigenvalue weighted by Crippen LogP contribution is -2.34. The monoisotopic (exact) mass is 235 g/mol. The zero-order valence-electron chi connectivity index (χ0n) is 9.61. The molecule has 0 saturated heterocycles. The van der Waals surface area contributed by atoms with Gasteiger partial charge in [-0.3, -0.25) is 4.98 Å². The van der Waals surface area contributed by atoms with Crippen molar-refractivity contribution < 1.29 is 9.21 Å². The fraction of sp³-hybridized carbons (Fsp3) is 0.273. The van der Waals surface area contributed by atoms with Crippen molar-refractivity contribution in [2.45, 2.75) is 6.54 Å². The maximum absolute atomic E-state index is 11.3. The first-order chi connectivity index (χ1) is 8.10. The van der Waals surface area contributed by atoms with Crippen molar-refractivity contribution in [3.05, 3.63) is 34.3 Å². The van der Waals surface area contributed by atoms with E-state index < -0.39 is 5.76 Å². The zero-order valence-corrected chi connectivity index (χ0v) is 9.61. The third-order valence-electron chi connectivity index (χ3n) is 2.47. The first-order valence-electron chi connectivity index (χ1n) is 5.15. The molecule has 0 unspecified atom stereocenters. The minimum atomic E-state index is -0.475. The van der Waals surface area contributed by atoms with Crippen LogP contribution in [-0.2, 0) is 6.54 Å². The van der Waals surface area contributed by atoms with Gasteiger partial charge in [-0.05, 0) is 17.7 Å². The normalized spacial score (nSPS) is 10.5. The molecule has 1 aromatic heterocycles. The molecule has 2 N–H and O–H groups in total. The van der Waals surface area contributed by atoms with Crippen molar-refractivity contribution in [2.75, 3.05) is 14.1 Å². The summed E-state index contributed by atoms with van der Waals surface area (Å²) in [5.74, 6) is -0.475. The molecule has 2 rings (SSSR count). The molecule has 90 valence electrons. The Morgan fingerprint density at radius 2 is 2.29 bits per heavy atom. The summed E-state index contributed by atoms with van der Waals surface area (Å²) < 4.78 is 4.95. The maximum Gasteiger partial charge on any atom is 0.417 e. The number of hydrogen-bond acceptors (Lipinski definition) is 3. The van der Waals surface area contributed by atoms with Gasteiger partial charge in [-0.1, -0.05) is 6.07 Å². The topological polar surface area (TPSA) is 78.3 Å². The summed E-state index contributed by atoms with van der Waals surface area (Å²) in [4.78, 5) is 26.4. The van der Waals surface area contributed by atoms with Crippen LogP contribution in [0.15, 0.2) is 27.4 Å². The number of nitrogens with one attached hydrogen (secondary N) is 2. The molecule has 6 heteroatoms. The Hall–Kier alpha value is -2.24. The fourth-order valence-electron chi connectivity index (χ4n) is 1.62. The predicted molar refractivity (Wildman–Crippen MR) is 62.8 cm³/mol. The van der Waals surface area contributed by atoms with Gasteiger partial charge in [0.2, 0.25) is 0 Å². The SMILES string of the molecule is CNC(=O)N(C)Cc1ccc2[nH]c(=O)oc2c1. The van der Waals surface area contributed by atoms with Crippen molar-refractivity contribution in [1.29, 1.82) is 0 Å². The van der Waals surface area contributed by atoms with Crippen molar-refractivity contribution >= 4 is 17.1 Å². The summed E-state index contributed by atoms with van der Waals surface area (Å²) in [7, 11) is 3.27. The number of amides is 2. The summed E-state index contributed by atoms with van der Waals surface area (Å²) in [6.45, 7) is 0.449. The van der Waals surface area contributed by atoms with E-state index in [4.69, 9.17) is 4.42 Å². The van der Waals surface area contributed by atoms with Crippen LogP contribution >= 0.6 is 0 Å². The van der Waals surface area contributed by atoms with Crippen molar-refractivity contribution in [3.8, 4) is 0 Å². The van der Waals surface area contributed by atoms with Gasteiger partial charge in [-0.25, -0.2) is 9.59 Å². The summed E-state index contributed by atoms with van der Waals surface area (Å²) in [6.07, 6.45) is 0. The molecule has 17 heavy (non-hydrogen) atoms. The molecule has 2 aromatic rings. The number of carbonyl (C=O) groups excluding carboxylic acids is 1. The Bertz CT molecular complexity index is 599. The molecule has 0 spiro atoms. The highest BCUT2D eigenvalue weighted by molar-refractivity contribution is 5.75. The average molecular weight is 235 g/mol. The van der Waals surface area contributed by atoms with Crippen LogP contribution in [0.25, 0.3) is 11.1 Å². The van der Waals surface area contributed by atoms with E-state index in [1.54, 1.807) is 26.2 Å². The molecule has 0 atom stereocenters. The van der Waals surface area contributed by atoms with Gasteiger partial charge < -0.3 is 14.6 Å². The van der Waals surface area contributed by atoms with E-state index in [9.17, 15) is 9.59 Å². The van der Waals surface area contributed by atoms with E-state index in [1.807, 2.05) is 6.07 Å². The second-order valence-corrected chi connectivity index (χ2v) is 3.76. The Morgan fingerprint density at radius 1 is 1.53 bits per heavy atom. The maximum atomic E-state index is 11.3. The van der Waals surface area contributed by atoms with Crippen LogP contribution in [0.5, 0.6) is 0 Å². The molecule has 0 radical (unpaired) electrons. The Balaban J connectivity index is 2.24. The quantitative estimate of drug-likeness (QED) is 0.811. The molecule has 6 nitrogen and oxygen atoms in total. The van der Waals surface area contributed by atoms with E-state index in [0.29, 0.717) is 17.6 Å². The zero-order chi connectivity index (χ0) is 12.4. The molecule has 1 heterocycles. The molecule has 0 saturated carbocycles. The molecule has 1 aromatic carbocycles. The minimum Gasteiger partial charge on any atom is -0.408 e. The van der Waals surface area contributed by atoms with Crippen LogP contribution in [0.4, 0.5) is 4.79 Å². The van der Waals surface area contributed by atoms with Crippen LogP contribution in [0.3, 0.4) is 0 Å². The Labute approximate surface area is 97.2 Å². The number of hydrogen-bond donors (Lipinski definition) is 2. The smallest absolute Gasteiger partial charge is 0.408 e. The van der Waals surface area contributed by atoms with Gasteiger partial charge in [-0.2, -0.15) is 0 Å². The fourth-order valence-corrected chi connectivity index (χ4v) is 1.62. The lowest BCUT2D eigenvalue weighted by molar-refractivity contribution is 0.209. The number of urea groups is 1. The van der Waals surface area contributed by atoms with Gasteiger partial charge in [0.25, 0.3) is 0 Å². The van der Waals surface area contributed by atoms with Gasteiger partial charge in [-0.15, -0.1) is 0 Å². The molecular formula is C11H13N3O3. The largest absolute Gasteiger partial charge is 0.417 e. The van der Waals surface area contributed by atoms with Gasteiger partial charge in [0, 0.05) is 20.6 Å². The third-order valence-corrected chi connectivity index (χ3v) is 2.47. The number of rotatable bonds is 2. The number of carbonyl (C=O) groups is 1. The van der Waals surface area contributed by atoms with Crippen molar-refractivity contribution in [3.63, 3.8) is 0 Å². The number of H-pyrrole nitrogens is 1.